The van der Waals surface area contributed by atoms with Crippen molar-refractivity contribution in [1.82, 2.24) is 0 Å². The van der Waals surface area contributed by atoms with Crippen LogP contribution in [-0.2, 0) is 14.4 Å². The molecule has 0 aromatic carbocycles. The Morgan fingerprint density at radius 3 is 1.20 bits per heavy atom. The Hall–Kier alpha value is -1.59. The summed E-state index contributed by atoms with van der Waals surface area (Å²) in [6.07, 6.45) is 0.222. The molecule has 0 saturated heterocycles. The molecular formula is C9H18O6. The number of aliphatic carboxylic acids is 3. The van der Waals surface area contributed by atoms with E-state index in [1.165, 1.54) is 0 Å². The van der Waals surface area contributed by atoms with Crippen molar-refractivity contribution >= 4 is 17.9 Å². The first-order valence-electron chi connectivity index (χ1n) is 4.29. The zero-order chi connectivity index (χ0) is 13.0. The Bertz CT molecular complexity index is 193. The summed E-state index contributed by atoms with van der Waals surface area (Å²) in [5.74, 6) is -2.55. The fourth-order valence-electron chi connectivity index (χ4n) is 0. The lowest BCUT2D eigenvalue weighted by Crippen LogP contribution is -2.03. The fraction of sp³-hybridized carbons (Fsp3) is 0.667. The molecule has 0 rings (SSSR count). The topological polar surface area (TPSA) is 112 Å². The van der Waals surface area contributed by atoms with Crippen LogP contribution in [0.1, 0.15) is 34.1 Å². The SMILES string of the molecule is CC(=O)O.CC(C)C(=O)O.CCC(=O)O. The minimum Gasteiger partial charge on any atom is -0.481 e. The Balaban J connectivity index is -0.000000147. The van der Waals surface area contributed by atoms with Crippen LogP contribution in [-0.4, -0.2) is 33.2 Å². The first-order chi connectivity index (χ1) is 6.64. The first-order valence-corrected chi connectivity index (χ1v) is 4.29. The minimum absolute atomic E-state index is 0.222. The lowest BCUT2D eigenvalue weighted by Gasteiger charge is -1.89. The molecule has 0 unspecified atom stereocenters. The van der Waals surface area contributed by atoms with Gasteiger partial charge in [-0.2, -0.15) is 0 Å². The Morgan fingerprint density at radius 2 is 1.20 bits per heavy atom. The lowest BCUT2D eigenvalue weighted by molar-refractivity contribution is -0.140. The maximum Gasteiger partial charge on any atom is 0.305 e. The molecule has 3 N–H and O–H groups in total. The second kappa shape index (κ2) is 12.4. The Morgan fingerprint density at radius 1 is 1.07 bits per heavy atom. The van der Waals surface area contributed by atoms with E-state index in [1.807, 2.05) is 0 Å². The van der Waals surface area contributed by atoms with E-state index in [1.54, 1.807) is 20.8 Å². The van der Waals surface area contributed by atoms with E-state index in [0.29, 0.717) is 0 Å². The van der Waals surface area contributed by atoms with Crippen molar-refractivity contribution in [2.24, 2.45) is 5.92 Å². The number of hydrogen-bond acceptors (Lipinski definition) is 3. The average Bonchev–Trinajstić information content (AvgIpc) is 2.04. The quantitative estimate of drug-likeness (QED) is 0.649. The predicted octanol–water partition coefficient (Wildman–Crippen LogP) is 1.30. The lowest BCUT2D eigenvalue weighted by atomic mass is 10.2. The molecule has 0 atom stereocenters. The molecule has 0 saturated carbocycles. The van der Waals surface area contributed by atoms with E-state index in [0.717, 1.165) is 6.92 Å². The number of carbonyl (C=O) groups is 3. The van der Waals surface area contributed by atoms with Gasteiger partial charge < -0.3 is 15.3 Å². The molecule has 0 aliphatic rings. The molecule has 0 radical (unpaired) electrons. The van der Waals surface area contributed by atoms with Gasteiger partial charge in [0, 0.05) is 13.3 Å². The highest BCUT2D eigenvalue weighted by atomic mass is 16.4. The zero-order valence-corrected chi connectivity index (χ0v) is 9.35. The molecule has 0 amide bonds. The minimum atomic E-state index is -0.833. The van der Waals surface area contributed by atoms with Crippen molar-refractivity contribution in [2.45, 2.75) is 34.1 Å². The van der Waals surface area contributed by atoms with Crippen molar-refractivity contribution in [3.05, 3.63) is 0 Å². The summed E-state index contributed by atoms with van der Waals surface area (Å²) < 4.78 is 0. The number of carboxylic acid groups (broad SMARTS) is 3. The molecule has 6 nitrogen and oxygen atoms in total. The van der Waals surface area contributed by atoms with Crippen LogP contribution in [0, 0.1) is 5.92 Å². The molecule has 15 heavy (non-hydrogen) atoms. The molecule has 0 aliphatic heterocycles. The zero-order valence-electron chi connectivity index (χ0n) is 9.35. The van der Waals surface area contributed by atoms with Crippen LogP contribution in [0.5, 0.6) is 0 Å². The van der Waals surface area contributed by atoms with Gasteiger partial charge in [0.25, 0.3) is 5.97 Å². The van der Waals surface area contributed by atoms with Crippen molar-refractivity contribution < 1.29 is 29.7 Å². The fourth-order valence-corrected chi connectivity index (χ4v) is 0. The highest BCUT2D eigenvalue weighted by Crippen LogP contribution is 1.87. The third-order valence-electron chi connectivity index (χ3n) is 0.796. The van der Waals surface area contributed by atoms with Crippen molar-refractivity contribution in [3.8, 4) is 0 Å². The summed E-state index contributed by atoms with van der Waals surface area (Å²) in [5.41, 5.74) is 0. The second-order valence-electron chi connectivity index (χ2n) is 2.76. The summed E-state index contributed by atoms with van der Waals surface area (Å²) >= 11 is 0. The molecule has 0 aromatic rings. The van der Waals surface area contributed by atoms with Gasteiger partial charge in [0.2, 0.25) is 0 Å². The highest BCUT2D eigenvalue weighted by molar-refractivity contribution is 5.68. The number of rotatable bonds is 2. The van der Waals surface area contributed by atoms with E-state index < -0.39 is 17.9 Å². The van der Waals surface area contributed by atoms with E-state index in [9.17, 15) is 9.59 Å². The summed E-state index contributed by atoms with van der Waals surface area (Å²) in [7, 11) is 0. The van der Waals surface area contributed by atoms with Crippen LogP contribution in [0.3, 0.4) is 0 Å². The van der Waals surface area contributed by atoms with E-state index in [2.05, 4.69) is 0 Å². The molecule has 0 aromatic heterocycles. The second-order valence-corrected chi connectivity index (χ2v) is 2.76. The Kier molecular flexibility index (Phi) is 15.8. The molecular weight excluding hydrogens is 204 g/mol. The molecule has 0 bridgehead atoms. The summed E-state index contributed by atoms with van der Waals surface area (Å²) in [6.45, 7) is 5.97. The summed E-state index contributed by atoms with van der Waals surface area (Å²) in [5, 5.41) is 23.1. The van der Waals surface area contributed by atoms with Gasteiger partial charge >= 0.3 is 11.9 Å². The van der Waals surface area contributed by atoms with Gasteiger partial charge in [-0.3, -0.25) is 14.4 Å². The van der Waals surface area contributed by atoms with Crippen LogP contribution in [0.2, 0.25) is 0 Å². The smallest absolute Gasteiger partial charge is 0.305 e. The van der Waals surface area contributed by atoms with Crippen LogP contribution >= 0.6 is 0 Å². The standard InChI is InChI=1S/C4H8O2.C3H6O2.C2H4O2/c1-3(2)4(5)6;1-2-3(4)5;1-2(3)4/h3H,1-2H3,(H,5,6);2H2,1H3,(H,4,5);1H3,(H,3,4). The van der Waals surface area contributed by atoms with Gasteiger partial charge in [0.15, 0.2) is 0 Å². The maximum atomic E-state index is 9.70. The largest absolute Gasteiger partial charge is 0.481 e. The molecule has 0 heterocycles. The van der Waals surface area contributed by atoms with Crippen molar-refractivity contribution in [3.63, 3.8) is 0 Å². The molecule has 0 fully saturated rings. The van der Waals surface area contributed by atoms with Gasteiger partial charge in [-0.25, -0.2) is 0 Å². The molecule has 90 valence electrons. The van der Waals surface area contributed by atoms with E-state index >= 15 is 0 Å². The molecule has 0 aliphatic carbocycles. The van der Waals surface area contributed by atoms with E-state index in [-0.39, 0.29) is 12.3 Å². The normalized spacial score (nSPS) is 7.80. The monoisotopic (exact) mass is 222 g/mol. The summed E-state index contributed by atoms with van der Waals surface area (Å²) in [4.78, 5) is 28.1. The number of carboxylic acids is 3. The van der Waals surface area contributed by atoms with Crippen molar-refractivity contribution in [1.29, 1.82) is 0 Å². The van der Waals surface area contributed by atoms with Gasteiger partial charge in [-0.05, 0) is 0 Å². The summed E-state index contributed by atoms with van der Waals surface area (Å²) in [6, 6.07) is 0. The van der Waals surface area contributed by atoms with E-state index in [4.69, 9.17) is 20.1 Å². The van der Waals surface area contributed by atoms with Crippen LogP contribution in [0.15, 0.2) is 0 Å². The van der Waals surface area contributed by atoms with Gasteiger partial charge in [-0.15, -0.1) is 0 Å². The average molecular weight is 222 g/mol. The van der Waals surface area contributed by atoms with Gasteiger partial charge in [0.05, 0.1) is 5.92 Å². The van der Waals surface area contributed by atoms with Gasteiger partial charge in [0.1, 0.15) is 0 Å². The van der Waals surface area contributed by atoms with Crippen molar-refractivity contribution in [2.75, 3.05) is 0 Å². The third kappa shape index (κ3) is 69.2. The number of hydrogen-bond donors (Lipinski definition) is 3. The van der Waals surface area contributed by atoms with Crippen LogP contribution in [0.4, 0.5) is 0 Å². The van der Waals surface area contributed by atoms with Gasteiger partial charge in [-0.1, -0.05) is 20.8 Å². The Labute approximate surface area is 88.5 Å². The predicted molar refractivity (Wildman–Crippen MR) is 53.7 cm³/mol. The van der Waals surface area contributed by atoms with Crippen LogP contribution < -0.4 is 0 Å². The molecule has 6 heteroatoms. The third-order valence-corrected chi connectivity index (χ3v) is 0.796. The first kappa shape index (κ1) is 19.1. The highest BCUT2D eigenvalue weighted by Gasteiger charge is 1.99. The van der Waals surface area contributed by atoms with Crippen LogP contribution in [0.25, 0.3) is 0 Å². The molecule has 0 spiro atoms. The maximum absolute atomic E-state index is 9.70.